The van der Waals surface area contributed by atoms with Crippen LogP contribution in [0.5, 0.6) is 0 Å². The average molecular weight is 244 g/mol. The van der Waals surface area contributed by atoms with Crippen LogP contribution in [-0.4, -0.2) is 0 Å². The summed E-state index contributed by atoms with van der Waals surface area (Å²) in [6.07, 6.45) is 6.65. The molecule has 1 aliphatic carbocycles. The van der Waals surface area contributed by atoms with Gasteiger partial charge >= 0.3 is 0 Å². The molecule has 0 spiro atoms. The SMILES string of the molecule is CCC1CCC(C#Cc2ccc(S)cc2)CC1. The largest absolute Gasteiger partial charge is 0.143 e. The summed E-state index contributed by atoms with van der Waals surface area (Å²) in [7, 11) is 0. The lowest BCUT2D eigenvalue weighted by molar-refractivity contribution is 0.309. The molecule has 90 valence electrons. The van der Waals surface area contributed by atoms with Gasteiger partial charge in [0.1, 0.15) is 0 Å². The average Bonchev–Trinajstić information content (AvgIpc) is 2.39. The van der Waals surface area contributed by atoms with Crippen LogP contribution < -0.4 is 0 Å². The zero-order chi connectivity index (χ0) is 12.1. The molecule has 1 aliphatic rings. The van der Waals surface area contributed by atoms with Gasteiger partial charge in [0, 0.05) is 16.4 Å². The van der Waals surface area contributed by atoms with Crippen molar-refractivity contribution in [3.63, 3.8) is 0 Å². The van der Waals surface area contributed by atoms with Gasteiger partial charge in [0.25, 0.3) is 0 Å². The van der Waals surface area contributed by atoms with E-state index in [1.165, 1.54) is 32.1 Å². The molecule has 0 aliphatic heterocycles. The van der Waals surface area contributed by atoms with E-state index < -0.39 is 0 Å². The van der Waals surface area contributed by atoms with Crippen molar-refractivity contribution < 1.29 is 0 Å². The Labute approximate surface area is 110 Å². The van der Waals surface area contributed by atoms with E-state index in [4.69, 9.17) is 0 Å². The van der Waals surface area contributed by atoms with Crippen molar-refractivity contribution in [3.05, 3.63) is 29.8 Å². The molecule has 2 rings (SSSR count). The lowest BCUT2D eigenvalue weighted by atomic mass is 9.81. The fourth-order valence-corrected chi connectivity index (χ4v) is 2.59. The summed E-state index contributed by atoms with van der Waals surface area (Å²) in [5, 5.41) is 0. The molecule has 1 saturated carbocycles. The highest BCUT2D eigenvalue weighted by Gasteiger charge is 2.17. The van der Waals surface area contributed by atoms with Crippen LogP contribution >= 0.6 is 12.6 Å². The van der Waals surface area contributed by atoms with Gasteiger partial charge in [-0.05, 0) is 55.9 Å². The molecule has 0 amide bonds. The van der Waals surface area contributed by atoms with Crippen LogP contribution in [-0.2, 0) is 0 Å². The number of rotatable bonds is 1. The summed E-state index contributed by atoms with van der Waals surface area (Å²) >= 11 is 4.27. The van der Waals surface area contributed by atoms with Crippen molar-refractivity contribution in [3.8, 4) is 11.8 Å². The Kier molecular flexibility index (Phi) is 4.57. The maximum Gasteiger partial charge on any atom is 0.0246 e. The van der Waals surface area contributed by atoms with Gasteiger partial charge in [0.2, 0.25) is 0 Å². The van der Waals surface area contributed by atoms with E-state index in [0.29, 0.717) is 5.92 Å². The molecular formula is C16H20S. The maximum absolute atomic E-state index is 4.27. The Bertz CT molecular complexity index is 399. The van der Waals surface area contributed by atoms with Crippen molar-refractivity contribution in [2.75, 3.05) is 0 Å². The first-order valence-electron chi connectivity index (χ1n) is 6.58. The van der Waals surface area contributed by atoms with Gasteiger partial charge in [-0.2, -0.15) is 0 Å². The summed E-state index contributed by atoms with van der Waals surface area (Å²) in [6.45, 7) is 2.30. The van der Waals surface area contributed by atoms with E-state index >= 15 is 0 Å². The van der Waals surface area contributed by atoms with E-state index in [1.54, 1.807) is 0 Å². The van der Waals surface area contributed by atoms with Gasteiger partial charge in [0.05, 0.1) is 0 Å². The predicted molar refractivity (Wildman–Crippen MR) is 76.3 cm³/mol. The number of thiol groups is 1. The topological polar surface area (TPSA) is 0 Å². The molecule has 17 heavy (non-hydrogen) atoms. The molecular weight excluding hydrogens is 224 g/mol. The van der Waals surface area contributed by atoms with Crippen molar-refractivity contribution in [2.45, 2.75) is 43.9 Å². The Hall–Kier alpha value is -0.870. The fraction of sp³-hybridized carbons (Fsp3) is 0.500. The third-order valence-corrected chi connectivity index (χ3v) is 4.01. The quantitative estimate of drug-likeness (QED) is 0.544. The summed E-state index contributed by atoms with van der Waals surface area (Å²) in [6, 6.07) is 8.10. The van der Waals surface area contributed by atoms with Crippen LogP contribution in [0, 0.1) is 23.7 Å². The Morgan fingerprint density at radius 1 is 1.12 bits per heavy atom. The number of hydrogen-bond donors (Lipinski definition) is 1. The lowest BCUT2D eigenvalue weighted by Gasteiger charge is -2.24. The number of hydrogen-bond acceptors (Lipinski definition) is 1. The molecule has 0 bridgehead atoms. The van der Waals surface area contributed by atoms with Crippen LogP contribution in [0.15, 0.2) is 29.2 Å². The zero-order valence-electron chi connectivity index (χ0n) is 10.4. The van der Waals surface area contributed by atoms with Gasteiger partial charge in [-0.3, -0.25) is 0 Å². The second-order valence-corrected chi connectivity index (χ2v) is 5.46. The molecule has 1 aromatic carbocycles. The zero-order valence-corrected chi connectivity index (χ0v) is 11.3. The van der Waals surface area contributed by atoms with E-state index in [2.05, 4.69) is 31.4 Å². The highest BCUT2D eigenvalue weighted by atomic mass is 32.1. The monoisotopic (exact) mass is 244 g/mol. The van der Waals surface area contributed by atoms with Gasteiger partial charge < -0.3 is 0 Å². The minimum atomic E-state index is 0.619. The van der Waals surface area contributed by atoms with Crippen LogP contribution in [0.2, 0.25) is 0 Å². The molecule has 0 heterocycles. The van der Waals surface area contributed by atoms with E-state index in [0.717, 1.165) is 16.4 Å². The first-order valence-corrected chi connectivity index (χ1v) is 7.03. The highest BCUT2D eigenvalue weighted by molar-refractivity contribution is 7.80. The molecule has 0 aromatic heterocycles. The van der Waals surface area contributed by atoms with Crippen LogP contribution in [0.4, 0.5) is 0 Å². The third-order valence-electron chi connectivity index (χ3n) is 3.71. The molecule has 0 unspecified atom stereocenters. The smallest absolute Gasteiger partial charge is 0.0246 e. The van der Waals surface area contributed by atoms with E-state index in [-0.39, 0.29) is 0 Å². The standard InChI is InChI=1S/C16H20S/c1-2-13-3-5-14(6-4-13)7-8-15-9-11-16(17)12-10-15/h9-14,17H,2-6H2,1H3. The predicted octanol–water partition coefficient (Wildman–Crippen LogP) is 4.54. The van der Waals surface area contributed by atoms with Gasteiger partial charge in [0.15, 0.2) is 0 Å². The first kappa shape index (κ1) is 12.6. The van der Waals surface area contributed by atoms with Crippen molar-refractivity contribution in [1.82, 2.24) is 0 Å². The molecule has 0 saturated heterocycles. The summed E-state index contributed by atoms with van der Waals surface area (Å²) in [5.41, 5.74) is 1.11. The van der Waals surface area contributed by atoms with Gasteiger partial charge in [-0.15, -0.1) is 12.6 Å². The molecule has 0 radical (unpaired) electrons. The van der Waals surface area contributed by atoms with Gasteiger partial charge in [-0.25, -0.2) is 0 Å². The normalized spacial score (nSPS) is 23.9. The van der Waals surface area contributed by atoms with Crippen LogP contribution in [0.25, 0.3) is 0 Å². The number of benzene rings is 1. The van der Waals surface area contributed by atoms with E-state index in [1.807, 2.05) is 24.3 Å². The molecule has 0 atom stereocenters. The first-order chi connectivity index (χ1) is 8.28. The second-order valence-electron chi connectivity index (χ2n) is 4.94. The van der Waals surface area contributed by atoms with Crippen LogP contribution in [0.1, 0.15) is 44.6 Å². The second kappa shape index (κ2) is 6.17. The summed E-state index contributed by atoms with van der Waals surface area (Å²) < 4.78 is 0. The summed E-state index contributed by atoms with van der Waals surface area (Å²) in [4.78, 5) is 0.999. The summed E-state index contributed by atoms with van der Waals surface area (Å²) in [5.74, 6) is 8.29. The molecule has 1 aromatic rings. The van der Waals surface area contributed by atoms with Crippen molar-refractivity contribution in [2.24, 2.45) is 11.8 Å². The molecule has 0 nitrogen and oxygen atoms in total. The highest BCUT2D eigenvalue weighted by Crippen LogP contribution is 2.30. The van der Waals surface area contributed by atoms with Crippen molar-refractivity contribution in [1.29, 1.82) is 0 Å². The molecule has 0 N–H and O–H groups in total. The molecule has 1 heteroatoms. The Morgan fingerprint density at radius 2 is 1.76 bits per heavy atom. The minimum absolute atomic E-state index is 0.619. The third kappa shape index (κ3) is 3.82. The molecule has 1 fully saturated rings. The maximum atomic E-state index is 4.27. The Balaban J connectivity index is 1.92. The van der Waals surface area contributed by atoms with Crippen LogP contribution in [0.3, 0.4) is 0 Å². The van der Waals surface area contributed by atoms with Gasteiger partial charge in [-0.1, -0.05) is 25.2 Å². The fourth-order valence-electron chi connectivity index (χ4n) is 2.45. The minimum Gasteiger partial charge on any atom is -0.143 e. The Morgan fingerprint density at radius 3 is 2.35 bits per heavy atom. The van der Waals surface area contributed by atoms with E-state index in [9.17, 15) is 0 Å². The van der Waals surface area contributed by atoms with Crippen molar-refractivity contribution >= 4 is 12.6 Å². The lowest BCUT2D eigenvalue weighted by Crippen LogP contribution is -2.12.